The van der Waals surface area contributed by atoms with Gasteiger partial charge in [-0.05, 0) is 43.2 Å². The molecule has 27 heavy (non-hydrogen) atoms. The summed E-state index contributed by atoms with van der Waals surface area (Å²) in [4.78, 5) is 28.0. The SMILES string of the molecule is CCCN1C(=O)c2oc3ccccc3c(=O)c2C1c1cccc(OCC)c1. The molecule has 0 saturated carbocycles. The molecule has 1 amide bonds. The minimum atomic E-state index is -0.464. The molecule has 0 fully saturated rings. The van der Waals surface area contributed by atoms with Gasteiger partial charge in [-0.25, -0.2) is 0 Å². The topological polar surface area (TPSA) is 59.8 Å². The molecule has 1 aromatic heterocycles. The molecule has 138 valence electrons. The number of ether oxygens (including phenoxy) is 1. The van der Waals surface area contributed by atoms with Crippen LogP contribution in [-0.4, -0.2) is 24.0 Å². The smallest absolute Gasteiger partial charge is 0.290 e. The maximum absolute atomic E-state index is 13.2. The Hall–Kier alpha value is -3.08. The summed E-state index contributed by atoms with van der Waals surface area (Å²) in [5.74, 6) is 0.637. The summed E-state index contributed by atoms with van der Waals surface area (Å²) < 4.78 is 11.5. The van der Waals surface area contributed by atoms with Crippen LogP contribution in [0.5, 0.6) is 5.75 Å². The highest BCUT2D eigenvalue weighted by molar-refractivity contribution is 5.99. The van der Waals surface area contributed by atoms with Gasteiger partial charge in [0.15, 0.2) is 5.43 Å². The van der Waals surface area contributed by atoms with Gasteiger partial charge in [0.2, 0.25) is 5.76 Å². The summed E-state index contributed by atoms with van der Waals surface area (Å²) in [7, 11) is 0. The molecular formula is C22H21NO4. The highest BCUT2D eigenvalue weighted by Crippen LogP contribution is 2.39. The average Bonchev–Trinajstić information content (AvgIpc) is 2.96. The quantitative estimate of drug-likeness (QED) is 0.683. The first kappa shape index (κ1) is 17.3. The molecule has 0 saturated heterocycles. The maximum atomic E-state index is 13.2. The first-order valence-electron chi connectivity index (χ1n) is 9.25. The van der Waals surface area contributed by atoms with Crippen LogP contribution in [0, 0.1) is 0 Å². The number of para-hydroxylation sites is 1. The van der Waals surface area contributed by atoms with Gasteiger partial charge in [0.25, 0.3) is 5.91 Å². The van der Waals surface area contributed by atoms with Gasteiger partial charge in [-0.15, -0.1) is 0 Å². The highest BCUT2D eigenvalue weighted by Gasteiger charge is 2.42. The molecule has 1 aliphatic heterocycles. The van der Waals surface area contributed by atoms with Crippen molar-refractivity contribution in [2.24, 2.45) is 0 Å². The molecule has 5 heteroatoms. The summed E-state index contributed by atoms with van der Waals surface area (Å²) in [6.45, 7) is 5.03. The van der Waals surface area contributed by atoms with E-state index in [9.17, 15) is 9.59 Å². The molecule has 1 atom stereocenters. The molecule has 4 rings (SSSR count). The minimum absolute atomic E-state index is 0.148. The van der Waals surface area contributed by atoms with Crippen LogP contribution in [0.3, 0.4) is 0 Å². The van der Waals surface area contributed by atoms with Gasteiger partial charge < -0.3 is 14.1 Å². The van der Waals surface area contributed by atoms with E-state index in [-0.39, 0.29) is 17.1 Å². The number of hydrogen-bond donors (Lipinski definition) is 0. The van der Waals surface area contributed by atoms with Gasteiger partial charge in [0.05, 0.1) is 23.6 Å². The fraction of sp³-hybridized carbons (Fsp3) is 0.273. The van der Waals surface area contributed by atoms with Crippen molar-refractivity contribution in [1.82, 2.24) is 4.90 Å². The Balaban J connectivity index is 1.95. The second-order valence-corrected chi connectivity index (χ2v) is 6.58. The number of nitrogens with zero attached hydrogens (tertiary/aromatic N) is 1. The predicted molar refractivity (Wildman–Crippen MR) is 103 cm³/mol. The first-order valence-corrected chi connectivity index (χ1v) is 9.25. The van der Waals surface area contributed by atoms with E-state index in [0.29, 0.717) is 29.7 Å². The zero-order valence-electron chi connectivity index (χ0n) is 15.4. The van der Waals surface area contributed by atoms with Gasteiger partial charge in [-0.1, -0.05) is 31.2 Å². The summed E-state index contributed by atoms with van der Waals surface area (Å²) in [5, 5.41) is 0.494. The Morgan fingerprint density at radius 3 is 2.67 bits per heavy atom. The highest BCUT2D eigenvalue weighted by atomic mass is 16.5. The number of benzene rings is 2. The van der Waals surface area contributed by atoms with Crippen LogP contribution in [0.4, 0.5) is 0 Å². The Bertz CT molecular complexity index is 1070. The van der Waals surface area contributed by atoms with Crippen molar-refractivity contribution >= 4 is 16.9 Å². The van der Waals surface area contributed by atoms with Crippen LogP contribution in [0.25, 0.3) is 11.0 Å². The molecule has 5 nitrogen and oxygen atoms in total. The third-order valence-electron chi connectivity index (χ3n) is 4.82. The van der Waals surface area contributed by atoms with E-state index in [1.807, 2.05) is 38.1 Å². The maximum Gasteiger partial charge on any atom is 0.290 e. The lowest BCUT2D eigenvalue weighted by molar-refractivity contribution is 0.0728. The lowest BCUT2D eigenvalue weighted by atomic mass is 9.98. The summed E-state index contributed by atoms with van der Waals surface area (Å²) >= 11 is 0. The molecular weight excluding hydrogens is 342 g/mol. The van der Waals surface area contributed by atoms with E-state index in [0.717, 1.165) is 17.7 Å². The van der Waals surface area contributed by atoms with Crippen LogP contribution in [0.1, 0.15) is 48.0 Å². The molecule has 2 heterocycles. The summed E-state index contributed by atoms with van der Waals surface area (Å²) in [5.41, 5.74) is 1.56. The lowest BCUT2D eigenvalue weighted by Crippen LogP contribution is -2.30. The van der Waals surface area contributed by atoms with Crippen LogP contribution < -0.4 is 10.2 Å². The predicted octanol–water partition coefficient (Wildman–Crippen LogP) is 4.15. The molecule has 0 spiro atoms. The second kappa shape index (κ2) is 6.91. The van der Waals surface area contributed by atoms with Gasteiger partial charge >= 0.3 is 0 Å². The molecule has 0 bridgehead atoms. The normalized spacial score (nSPS) is 16.0. The number of rotatable bonds is 5. The summed E-state index contributed by atoms with van der Waals surface area (Å²) in [6.07, 6.45) is 0.787. The molecule has 1 aliphatic rings. The van der Waals surface area contributed by atoms with Crippen molar-refractivity contribution in [3.05, 3.63) is 75.6 Å². The third kappa shape index (κ3) is 2.79. The van der Waals surface area contributed by atoms with Gasteiger partial charge in [0.1, 0.15) is 11.3 Å². The minimum Gasteiger partial charge on any atom is -0.494 e. The fourth-order valence-electron chi connectivity index (χ4n) is 3.73. The van der Waals surface area contributed by atoms with Crippen LogP contribution in [-0.2, 0) is 0 Å². The molecule has 0 radical (unpaired) electrons. The van der Waals surface area contributed by atoms with E-state index in [1.165, 1.54) is 0 Å². The van der Waals surface area contributed by atoms with Crippen LogP contribution in [0.15, 0.2) is 57.7 Å². The number of hydrogen-bond acceptors (Lipinski definition) is 4. The Morgan fingerprint density at radius 1 is 1.07 bits per heavy atom. The molecule has 0 N–H and O–H groups in total. The third-order valence-corrected chi connectivity index (χ3v) is 4.82. The summed E-state index contributed by atoms with van der Waals surface area (Å²) in [6, 6.07) is 14.2. The van der Waals surface area contributed by atoms with E-state index in [4.69, 9.17) is 9.15 Å². The van der Waals surface area contributed by atoms with E-state index >= 15 is 0 Å². The van der Waals surface area contributed by atoms with Gasteiger partial charge in [0, 0.05) is 6.54 Å². The number of amides is 1. The van der Waals surface area contributed by atoms with Crippen molar-refractivity contribution in [2.75, 3.05) is 13.2 Å². The zero-order chi connectivity index (χ0) is 19.0. The Kier molecular flexibility index (Phi) is 4.44. The number of carbonyl (C=O) groups is 1. The van der Waals surface area contributed by atoms with Crippen molar-refractivity contribution in [2.45, 2.75) is 26.3 Å². The molecule has 3 aromatic rings. The van der Waals surface area contributed by atoms with Crippen LogP contribution >= 0.6 is 0 Å². The van der Waals surface area contributed by atoms with Crippen molar-refractivity contribution < 1.29 is 13.9 Å². The second-order valence-electron chi connectivity index (χ2n) is 6.58. The van der Waals surface area contributed by atoms with Crippen LogP contribution in [0.2, 0.25) is 0 Å². The van der Waals surface area contributed by atoms with Crippen molar-refractivity contribution in [3.63, 3.8) is 0 Å². The Labute approximate surface area is 157 Å². The Morgan fingerprint density at radius 2 is 1.89 bits per heavy atom. The molecule has 0 aliphatic carbocycles. The average molecular weight is 363 g/mol. The zero-order valence-corrected chi connectivity index (χ0v) is 15.4. The lowest BCUT2D eigenvalue weighted by Gasteiger charge is -2.24. The van der Waals surface area contributed by atoms with E-state index < -0.39 is 6.04 Å². The molecule has 1 unspecified atom stereocenters. The van der Waals surface area contributed by atoms with E-state index in [2.05, 4.69) is 0 Å². The van der Waals surface area contributed by atoms with Crippen molar-refractivity contribution in [1.29, 1.82) is 0 Å². The number of fused-ring (bicyclic) bond motifs is 2. The first-order chi connectivity index (χ1) is 13.2. The monoisotopic (exact) mass is 363 g/mol. The molecule has 2 aromatic carbocycles. The van der Waals surface area contributed by atoms with E-state index in [1.54, 1.807) is 29.2 Å². The van der Waals surface area contributed by atoms with Gasteiger partial charge in [-0.3, -0.25) is 9.59 Å². The van der Waals surface area contributed by atoms with Gasteiger partial charge in [-0.2, -0.15) is 0 Å². The van der Waals surface area contributed by atoms with Crippen molar-refractivity contribution in [3.8, 4) is 5.75 Å². The largest absolute Gasteiger partial charge is 0.494 e. The standard InChI is InChI=1S/C22H21NO4/c1-3-12-23-19(14-8-7-9-15(13-14)26-4-2)18-20(24)16-10-5-6-11-17(16)27-21(18)22(23)25/h5-11,13,19H,3-4,12H2,1-2H3. The number of carbonyl (C=O) groups excluding carboxylic acids is 1. The fourth-order valence-corrected chi connectivity index (χ4v) is 3.73.